The molecule has 1 saturated heterocycles. The first kappa shape index (κ1) is 17.6. The van der Waals surface area contributed by atoms with Crippen molar-refractivity contribution in [3.8, 4) is 0 Å². The lowest BCUT2D eigenvalue weighted by atomic mass is 10.0. The Hall–Kier alpha value is -1.85. The summed E-state index contributed by atoms with van der Waals surface area (Å²) in [4.78, 5) is 12.8. The second kappa shape index (κ2) is 6.39. The minimum atomic E-state index is -1.22. The number of rotatable bonds is 4. The van der Waals surface area contributed by atoms with E-state index in [0.717, 1.165) is 19.3 Å². The molecule has 4 rings (SSSR count). The highest BCUT2D eigenvalue weighted by Gasteiger charge is 2.44. The zero-order valence-corrected chi connectivity index (χ0v) is 14.4. The van der Waals surface area contributed by atoms with Crippen molar-refractivity contribution in [3.05, 3.63) is 12.7 Å². The molecule has 2 fully saturated rings. The molecule has 10 heteroatoms. The third-order valence-corrected chi connectivity index (χ3v) is 5.39. The summed E-state index contributed by atoms with van der Waals surface area (Å²) in [6, 6.07) is -0.139. The molecule has 1 aliphatic heterocycles. The first-order valence-electron chi connectivity index (χ1n) is 8.71. The number of nitrogens with zero attached hydrogens (tertiary/aromatic N) is 4. The van der Waals surface area contributed by atoms with Crippen LogP contribution >= 0.6 is 0 Å². The van der Waals surface area contributed by atoms with E-state index in [9.17, 15) is 20.4 Å². The topological polar surface area (TPSA) is 146 Å². The molecule has 26 heavy (non-hydrogen) atoms. The molecule has 4 unspecified atom stereocenters. The predicted octanol–water partition coefficient (Wildman–Crippen LogP) is -0.847. The summed E-state index contributed by atoms with van der Waals surface area (Å²) in [6.45, 7) is 1.40. The van der Waals surface area contributed by atoms with Gasteiger partial charge >= 0.3 is 0 Å². The van der Waals surface area contributed by atoms with Crippen LogP contribution in [-0.4, -0.2) is 76.5 Å². The summed E-state index contributed by atoms with van der Waals surface area (Å²) in [5.74, 6) is 0.493. The van der Waals surface area contributed by atoms with Gasteiger partial charge in [0.25, 0.3) is 0 Å². The number of aromatic nitrogens is 4. The smallest absolute Gasteiger partial charge is 0.167 e. The highest BCUT2D eigenvalue weighted by atomic mass is 16.6. The van der Waals surface area contributed by atoms with Crippen molar-refractivity contribution in [2.24, 2.45) is 0 Å². The second-order valence-corrected chi connectivity index (χ2v) is 7.22. The zero-order valence-electron chi connectivity index (χ0n) is 14.4. The molecule has 2 aliphatic rings. The molecule has 2 aromatic rings. The van der Waals surface area contributed by atoms with Crippen molar-refractivity contribution >= 4 is 17.0 Å². The molecule has 10 nitrogen and oxygen atoms in total. The molecule has 142 valence electrons. The van der Waals surface area contributed by atoms with Crippen molar-refractivity contribution in [2.75, 3.05) is 11.9 Å². The van der Waals surface area contributed by atoms with E-state index < -0.39 is 36.7 Å². The molecule has 0 aromatic carbocycles. The summed E-state index contributed by atoms with van der Waals surface area (Å²) >= 11 is 0. The first-order valence-corrected chi connectivity index (χ1v) is 8.71. The highest BCUT2D eigenvalue weighted by molar-refractivity contribution is 5.83. The van der Waals surface area contributed by atoms with Gasteiger partial charge in [0.15, 0.2) is 23.2 Å². The lowest BCUT2D eigenvalue weighted by Gasteiger charge is -2.26. The number of anilines is 1. The van der Waals surface area contributed by atoms with Crippen LogP contribution in [0.15, 0.2) is 12.7 Å². The van der Waals surface area contributed by atoms with Crippen LogP contribution in [0.4, 0.5) is 5.82 Å². The Labute approximate surface area is 149 Å². The number of nitrogens with one attached hydrogen (secondary N) is 1. The maximum absolute atomic E-state index is 10.4. The molecule has 1 saturated carbocycles. The molecule has 1 aliphatic carbocycles. The number of ether oxygens (including phenoxy) is 1. The number of aliphatic hydroxyl groups excluding tert-OH is 3. The molecular formula is C16H23N5O5. The number of hydrogen-bond donors (Lipinski definition) is 5. The van der Waals surface area contributed by atoms with E-state index in [1.54, 1.807) is 6.92 Å². The molecule has 0 spiro atoms. The molecular weight excluding hydrogens is 342 g/mol. The number of hydrogen-bond acceptors (Lipinski definition) is 9. The fourth-order valence-corrected chi connectivity index (χ4v) is 3.80. The molecule has 0 radical (unpaired) electrons. The van der Waals surface area contributed by atoms with Crippen molar-refractivity contribution in [1.29, 1.82) is 0 Å². The van der Waals surface area contributed by atoms with Crippen LogP contribution in [0.1, 0.15) is 32.4 Å². The van der Waals surface area contributed by atoms with E-state index in [4.69, 9.17) is 4.74 Å². The van der Waals surface area contributed by atoms with Gasteiger partial charge in [0.1, 0.15) is 24.6 Å². The van der Waals surface area contributed by atoms with Crippen LogP contribution in [0.3, 0.4) is 0 Å². The predicted molar refractivity (Wildman–Crippen MR) is 90.2 cm³/mol. The number of fused-ring (bicyclic) bond motifs is 1. The fraction of sp³-hybridized carbons (Fsp3) is 0.688. The maximum atomic E-state index is 10.4. The highest BCUT2D eigenvalue weighted by Crippen LogP contribution is 2.34. The Kier molecular flexibility index (Phi) is 4.32. The Morgan fingerprint density at radius 3 is 2.77 bits per heavy atom. The van der Waals surface area contributed by atoms with Gasteiger partial charge in [0.2, 0.25) is 0 Å². The summed E-state index contributed by atoms with van der Waals surface area (Å²) in [6.07, 6.45) is 1.09. The van der Waals surface area contributed by atoms with Gasteiger partial charge in [0, 0.05) is 0 Å². The average molecular weight is 365 g/mol. The molecule has 3 heterocycles. The van der Waals surface area contributed by atoms with Crippen LogP contribution in [0.5, 0.6) is 0 Å². The minimum absolute atomic E-state index is 0.139. The molecule has 5 N–H and O–H groups in total. The normalized spacial score (nSPS) is 37.5. The quantitative estimate of drug-likeness (QED) is 0.468. The van der Waals surface area contributed by atoms with Crippen LogP contribution < -0.4 is 5.32 Å². The van der Waals surface area contributed by atoms with Crippen LogP contribution in [0, 0.1) is 0 Å². The molecule has 0 amide bonds. The van der Waals surface area contributed by atoms with Gasteiger partial charge in [-0.3, -0.25) is 4.57 Å². The van der Waals surface area contributed by atoms with E-state index in [2.05, 4.69) is 20.3 Å². The SMILES string of the molecule is CC1(O)CCCC1Nc1ncnc2c1ncn2[C@@H]1O[C@H](CO)C(O)C1O. The van der Waals surface area contributed by atoms with Crippen molar-refractivity contribution in [3.63, 3.8) is 0 Å². The van der Waals surface area contributed by atoms with Gasteiger partial charge in [-0.25, -0.2) is 15.0 Å². The van der Waals surface area contributed by atoms with Gasteiger partial charge in [-0.15, -0.1) is 0 Å². The fourth-order valence-electron chi connectivity index (χ4n) is 3.80. The van der Waals surface area contributed by atoms with E-state index in [1.807, 2.05) is 0 Å². The molecule has 2 aromatic heterocycles. The summed E-state index contributed by atoms with van der Waals surface area (Å²) < 4.78 is 7.06. The summed E-state index contributed by atoms with van der Waals surface area (Å²) in [5.41, 5.74) is 0.0891. The molecule has 0 bridgehead atoms. The molecule has 6 atom stereocenters. The van der Waals surface area contributed by atoms with Gasteiger partial charge in [-0.1, -0.05) is 0 Å². The zero-order chi connectivity index (χ0) is 18.5. The average Bonchev–Trinajstić information content (AvgIpc) is 3.26. The summed E-state index contributed by atoms with van der Waals surface area (Å²) in [7, 11) is 0. The standard InChI is InChI=1S/C16H23N5O5/c1-16(25)4-2-3-9(16)20-13-10-14(18-6-17-13)21(7-19-10)15-12(24)11(23)8(5-22)26-15/h6-9,11-12,15,22-25H,2-5H2,1H3,(H,17,18,20)/t8-,9?,11?,12?,15-,16?/m1/s1. The van der Waals surface area contributed by atoms with Gasteiger partial charge in [0.05, 0.1) is 24.6 Å². The Bertz CT molecular complexity index is 796. The van der Waals surface area contributed by atoms with Crippen LogP contribution in [0.2, 0.25) is 0 Å². The van der Waals surface area contributed by atoms with E-state index in [0.29, 0.717) is 17.0 Å². The minimum Gasteiger partial charge on any atom is -0.394 e. The van der Waals surface area contributed by atoms with Crippen molar-refractivity contribution in [1.82, 2.24) is 19.5 Å². The Balaban J connectivity index is 1.66. The van der Waals surface area contributed by atoms with Gasteiger partial charge < -0.3 is 30.5 Å². The van der Waals surface area contributed by atoms with E-state index >= 15 is 0 Å². The van der Waals surface area contributed by atoms with Crippen LogP contribution in [-0.2, 0) is 4.74 Å². The Morgan fingerprint density at radius 1 is 1.31 bits per heavy atom. The largest absolute Gasteiger partial charge is 0.394 e. The Morgan fingerprint density at radius 2 is 2.12 bits per heavy atom. The van der Waals surface area contributed by atoms with Gasteiger partial charge in [-0.05, 0) is 26.2 Å². The van der Waals surface area contributed by atoms with E-state index in [1.165, 1.54) is 17.2 Å². The summed E-state index contributed by atoms with van der Waals surface area (Å²) in [5, 5.41) is 43.1. The third kappa shape index (κ3) is 2.74. The van der Waals surface area contributed by atoms with Crippen LogP contribution in [0.25, 0.3) is 11.2 Å². The number of aliphatic hydroxyl groups is 4. The van der Waals surface area contributed by atoms with Crippen molar-refractivity contribution in [2.45, 2.75) is 62.4 Å². The van der Waals surface area contributed by atoms with E-state index in [-0.39, 0.29) is 6.04 Å². The second-order valence-electron chi connectivity index (χ2n) is 7.22. The third-order valence-electron chi connectivity index (χ3n) is 5.39. The van der Waals surface area contributed by atoms with Crippen molar-refractivity contribution < 1.29 is 25.2 Å². The lowest BCUT2D eigenvalue weighted by Crippen LogP contribution is -2.39. The first-order chi connectivity index (χ1) is 12.4. The lowest BCUT2D eigenvalue weighted by molar-refractivity contribution is -0.0511. The number of imidazole rings is 1. The maximum Gasteiger partial charge on any atom is 0.167 e. The van der Waals surface area contributed by atoms with Gasteiger partial charge in [-0.2, -0.15) is 0 Å². The monoisotopic (exact) mass is 365 g/mol.